The fourth-order valence-electron chi connectivity index (χ4n) is 2.71. The molecular formula is C17H21ClN2O. The third-order valence-electron chi connectivity index (χ3n) is 4.06. The summed E-state index contributed by atoms with van der Waals surface area (Å²) in [7, 11) is 0. The fourth-order valence-corrected chi connectivity index (χ4v) is 2.88. The number of hydrogen-bond acceptors (Lipinski definition) is 2. The second-order valence-electron chi connectivity index (χ2n) is 5.77. The Morgan fingerprint density at radius 2 is 2.10 bits per heavy atom. The SMILES string of the molecule is CC1(C(=O)Nc2cc(Cl)ccc2C#CCN)CCCCC1. The molecule has 4 heteroatoms. The van der Waals surface area contributed by atoms with E-state index in [1.165, 1.54) is 6.42 Å². The van der Waals surface area contributed by atoms with E-state index in [0.717, 1.165) is 31.2 Å². The van der Waals surface area contributed by atoms with E-state index in [1.54, 1.807) is 12.1 Å². The normalized spacial score (nSPS) is 16.7. The molecule has 1 aliphatic carbocycles. The monoisotopic (exact) mass is 304 g/mol. The number of carbonyl (C=O) groups is 1. The summed E-state index contributed by atoms with van der Waals surface area (Å²) >= 11 is 6.03. The van der Waals surface area contributed by atoms with Gasteiger partial charge in [-0.2, -0.15) is 0 Å². The lowest BCUT2D eigenvalue weighted by atomic mass is 9.75. The van der Waals surface area contributed by atoms with Crippen LogP contribution in [0, 0.1) is 17.3 Å². The maximum atomic E-state index is 12.6. The van der Waals surface area contributed by atoms with Gasteiger partial charge in [0.25, 0.3) is 0 Å². The highest BCUT2D eigenvalue weighted by molar-refractivity contribution is 6.31. The molecule has 1 amide bonds. The van der Waals surface area contributed by atoms with Gasteiger partial charge in [0.05, 0.1) is 12.2 Å². The zero-order valence-electron chi connectivity index (χ0n) is 12.3. The number of anilines is 1. The molecule has 0 heterocycles. The van der Waals surface area contributed by atoms with E-state index in [4.69, 9.17) is 17.3 Å². The smallest absolute Gasteiger partial charge is 0.230 e. The van der Waals surface area contributed by atoms with Crippen LogP contribution in [0.2, 0.25) is 5.02 Å². The van der Waals surface area contributed by atoms with Gasteiger partial charge in [0.2, 0.25) is 5.91 Å². The van der Waals surface area contributed by atoms with Crippen molar-refractivity contribution in [3.8, 4) is 11.8 Å². The Labute approximate surface area is 131 Å². The van der Waals surface area contributed by atoms with Crippen molar-refractivity contribution in [3.05, 3.63) is 28.8 Å². The molecule has 1 aromatic carbocycles. The highest BCUT2D eigenvalue weighted by Crippen LogP contribution is 2.37. The van der Waals surface area contributed by atoms with Crippen LogP contribution in [-0.4, -0.2) is 12.5 Å². The predicted molar refractivity (Wildman–Crippen MR) is 87.2 cm³/mol. The van der Waals surface area contributed by atoms with Crippen molar-refractivity contribution in [1.29, 1.82) is 0 Å². The van der Waals surface area contributed by atoms with Crippen LogP contribution in [0.3, 0.4) is 0 Å². The van der Waals surface area contributed by atoms with Gasteiger partial charge in [-0.15, -0.1) is 0 Å². The number of hydrogen-bond donors (Lipinski definition) is 2. The molecule has 1 saturated carbocycles. The van der Waals surface area contributed by atoms with Gasteiger partial charge in [0.1, 0.15) is 0 Å². The minimum atomic E-state index is -0.293. The zero-order chi connectivity index (χ0) is 15.3. The van der Waals surface area contributed by atoms with Crippen LogP contribution in [0.15, 0.2) is 18.2 Å². The number of nitrogens with one attached hydrogen (secondary N) is 1. The largest absolute Gasteiger partial charge is 0.324 e. The summed E-state index contributed by atoms with van der Waals surface area (Å²) in [6.07, 6.45) is 5.30. The number of benzene rings is 1. The van der Waals surface area contributed by atoms with Crippen molar-refractivity contribution in [1.82, 2.24) is 0 Å². The van der Waals surface area contributed by atoms with Crippen LogP contribution in [0.5, 0.6) is 0 Å². The molecule has 0 aromatic heterocycles. The molecule has 0 atom stereocenters. The minimum Gasteiger partial charge on any atom is -0.324 e. The molecule has 0 spiro atoms. The molecule has 0 unspecified atom stereocenters. The second kappa shape index (κ2) is 6.98. The lowest BCUT2D eigenvalue weighted by Crippen LogP contribution is -2.35. The van der Waals surface area contributed by atoms with Crippen LogP contribution in [0.4, 0.5) is 5.69 Å². The van der Waals surface area contributed by atoms with Crippen molar-refractivity contribution >= 4 is 23.2 Å². The average molecular weight is 305 g/mol. The van der Waals surface area contributed by atoms with Crippen molar-refractivity contribution in [2.75, 3.05) is 11.9 Å². The van der Waals surface area contributed by atoms with Crippen LogP contribution < -0.4 is 11.1 Å². The predicted octanol–water partition coefficient (Wildman–Crippen LogP) is 3.56. The van der Waals surface area contributed by atoms with E-state index >= 15 is 0 Å². The Morgan fingerprint density at radius 3 is 2.76 bits per heavy atom. The molecule has 1 aromatic rings. The molecule has 21 heavy (non-hydrogen) atoms. The van der Waals surface area contributed by atoms with Crippen LogP contribution in [0.1, 0.15) is 44.6 Å². The Bertz CT molecular complexity index is 580. The quantitative estimate of drug-likeness (QED) is 0.821. The molecular weight excluding hydrogens is 284 g/mol. The molecule has 3 N–H and O–H groups in total. The first-order valence-electron chi connectivity index (χ1n) is 7.35. The van der Waals surface area contributed by atoms with Crippen LogP contribution in [-0.2, 0) is 4.79 Å². The van der Waals surface area contributed by atoms with Crippen molar-refractivity contribution < 1.29 is 4.79 Å². The molecule has 112 valence electrons. The Hall–Kier alpha value is -1.50. The highest BCUT2D eigenvalue weighted by Gasteiger charge is 2.34. The summed E-state index contributed by atoms with van der Waals surface area (Å²) in [6, 6.07) is 5.32. The van der Waals surface area contributed by atoms with Crippen molar-refractivity contribution in [2.24, 2.45) is 11.1 Å². The summed E-state index contributed by atoms with van der Waals surface area (Å²) in [5.74, 6) is 5.84. The van der Waals surface area contributed by atoms with Gasteiger partial charge in [-0.05, 0) is 31.0 Å². The molecule has 3 nitrogen and oxygen atoms in total. The molecule has 0 saturated heterocycles. The van der Waals surface area contributed by atoms with Gasteiger partial charge in [-0.3, -0.25) is 4.79 Å². The lowest BCUT2D eigenvalue weighted by Gasteiger charge is -2.32. The Balaban J connectivity index is 2.21. The van der Waals surface area contributed by atoms with E-state index in [9.17, 15) is 4.79 Å². The summed E-state index contributed by atoms with van der Waals surface area (Å²) in [5.41, 5.74) is 6.53. The first-order valence-corrected chi connectivity index (χ1v) is 7.73. The summed E-state index contributed by atoms with van der Waals surface area (Å²) in [4.78, 5) is 12.6. The first kappa shape index (κ1) is 15.9. The van der Waals surface area contributed by atoms with E-state index in [1.807, 2.05) is 13.0 Å². The van der Waals surface area contributed by atoms with Gasteiger partial charge in [0.15, 0.2) is 0 Å². The minimum absolute atomic E-state index is 0.0558. The molecule has 1 fully saturated rings. The number of nitrogens with two attached hydrogens (primary N) is 1. The topological polar surface area (TPSA) is 55.1 Å². The standard InChI is InChI=1S/C17H21ClN2O/c1-17(9-3-2-4-10-17)16(21)20-15-12-14(18)8-7-13(15)6-5-11-19/h7-8,12H,2-4,9-11,19H2,1H3,(H,20,21). The first-order chi connectivity index (χ1) is 10.0. The third kappa shape index (κ3) is 4.00. The molecule has 0 aliphatic heterocycles. The van der Waals surface area contributed by atoms with E-state index in [2.05, 4.69) is 17.2 Å². The van der Waals surface area contributed by atoms with Gasteiger partial charge < -0.3 is 11.1 Å². The molecule has 0 radical (unpaired) electrons. The molecule has 1 aliphatic rings. The van der Waals surface area contributed by atoms with E-state index < -0.39 is 0 Å². The number of carbonyl (C=O) groups excluding carboxylic acids is 1. The summed E-state index contributed by atoms with van der Waals surface area (Å²) < 4.78 is 0. The van der Waals surface area contributed by atoms with Gasteiger partial charge >= 0.3 is 0 Å². The number of rotatable bonds is 2. The second-order valence-corrected chi connectivity index (χ2v) is 6.21. The average Bonchev–Trinajstić information content (AvgIpc) is 2.47. The summed E-state index contributed by atoms with van der Waals surface area (Å²) in [6.45, 7) is 2.32. The summed E-state index contributed by atoms with van der Waals surface area (Å²) in [5, 5.41) is 3.58. The van der Waals surface area contributed by atoms with Gasteiger partial charge in [-0.25, -0.2) is 0 Å². The maximum absolute atomic E-state index is 12.6. The van der Waals surface area contributed by atoms with Crippen LogP contribution >= 0.6 is 11.6 Å². The number of halogens is 1. The molecule has 2 rings (SSSR count). The van der Waals surface area contributed by atoms with Gasteiger partial charge in [-0.1, -0.05) is 49.6 Å². The molecule has 0 bridgehead atoms. The van der Waals surface area contributed by atoms with Gasteiger partial charge in [0, 0.05) is 16.0 Å². The Kier molecular flexibility index (Phi) is 5.27. The van der Waals surface area contributed by atoms with Crippen LogP contribution in [0.25, 0.3) is 0 Å². The zero-order valence-corrected chi connectivity index (χ0v) is 13.1. The number of amides is 1. The highest BCUT2D eigenvalue weighted by atomic mass is 35.5. The maximum Gasteiger partial charge on any atom is 0.230 e. The Morgan fingerprint density at radius 1 is 1.38 bits per heavy atom. The third-order valence-corrected chi connectivity index (χ3v) is 4.30. The fraction of sp³-hybridized carbons (Fsp3) is 0.471. The van der Waals surface area contributed by atoms with Crippen molar-refractivity contribution in [3.63, 3.8) is 0 Å². The van der Waals surface area contributed by atoms with E-state index in [-0.39, 0.29) is 17.9 Å². The van der Waals surface area contributed by atoms with E-state index in [0.29, 0.717) is 10.7 Å². The lowest BCUT2D eigenvalue weighted by molar-refractivity contribution is -0.126. The van der Waals surface area contributed by atoms with Crippen molar-refractivity contribution in [2.45, 2.75) is 39.0 Å².